The number of hydrogen-bond acceptors (Lipinski definition) is 5. The normalized spacial score (nSPS) is 26.9. The van der Waals surface area contributed by atoms with Crippen molar-refractivity contribution in [3.05, 3.63) is 74.2 Å². The van der Waals surface area contributed by atoms with Crippen molar-refractivity contribution >= 4 is 27.5 Å². The highest BCUT2D eigenvalue weighted by molar-refractivity contribution is 9.10. The summed E-state index contributed by atoms with van der Waals surface area (Å²) in [5, 5.41) is 21.9. The molecule has 4 rings (SSSR count). The number of benzene rings is 2. The number of carbonyl (C=O) groups excluding carboxylic acids is 1. The number of nitro benzene ring substituents is 1. The molecular formula is C23H26BrN3O4. The predicted octanol–water partition coefficient (Wildman–Crippen LogP) is 3.90. The Balaban J connectivity index is 1.60. The van der Waals surface area contributed by atoms with Gasteiger partial charge in [-0.25, -0.2) is 0 Å². The average Bonchev–Trinajstić information content (AvgIpc) is 2.85. The summed E-state index contributed by atoms with van der Waals surface area (Å²) in [4.78, 5) is 28.0. The number of hydrogen-bond donors (Lipinski definition) is 1. The van der Waals surface area contributed by atoms with Gasteiger partial charge < -0.3 is 10.0 Å². The van der Waals surface area contributed by atoms with Crippen molar-refractivity contribution in [3.8, 4) is 0 Å². The summed E-state index contributed by atoms with van der Waals surface area (Å²) in [6.07, 6.45) is 0.982. The number of carbonyl (C=O) groups is 1. The number of nitro groups is 1. The number of amides is 1. The molecule has 0 spiro atoms. The Morgan fingerprint density at radius 3 is 2.61 bits per heavy atom. The molecule has 2 aromatic rings. The lowest BCUT2D eigenvalue weighted by Gasteiger charge is -2.44. The lowest BCUT2D eigenvalue weighted by molar-refractivity contribution is -0.384. The summed E-state index contributed by atoms with van der Waals surface area (Å²) in [6, 6.07) is 14.3. The second-order valence-corrected chi connectivity index (χ2v) is 9.48. The van der Waals surface area contributed by atoms with E-state index in [0.717, 1.165) is 22.9 Å². The summed E-state index contributed by atoms with van der Waals surface area (Å²) in [5.41, 5.74) is 1.84. The first-order chi connectivity index (χ1) is 14.8. The number of β-amino-alcohol motifs (C(OH)–C–C–N with tert-alkyl or cyclic N) is 1. The van der Waals surface area contributed by atoms with Crippen molar-refractivity contribution in [1.29, 1.82) is 0 Å². The van der Waals surface area contributed by atoms with Crippen LogP contribution in [0.15, 0.2) is 53.0 Å². The fraction of sp³-hybridized carbons (Fsp3) is 0.435. The maximum atomic E-state index is 13.5. The van der Waals surface area contributed by atoms with E-state index in [1.807, 2.05) is 12.1 Å². The van der Waals surface area contributed by atoms with E-state index in [1.54, 1.807) is 17.0 Å². The minimum Gasteiger partial charge on any atom is -0.390 e. The summed E-state index contributed by atoms with van der Waals surface area (Å²) in [6.45, 7) is 3.09. The smallest absolute Gasteiger partial charge is 0.269 e. The second kappa shape index (κ2) is 9.06. The molecule has 0 aliphatic carbocycles. The van der Waals surface area contributed by atoms with Crippen LogP contribution >= 0.6 is 15.9 Å². The number of rotatable bonds is 4. The summed E-state index contributed by atoms with van der Waals surface area (Å²) < 4.78 is 1.01. The van der Waals surface area contributed by atoms with Gasteiger partial charge in [0.15, 0.2) is 0 Å². The first-order valence-electron chi connectivity index (χ1n) is 10.5. The largest absolute Gasteiger partial charge is 0.390 e. The van der Waals surface area contributed by atoms with E-state index in [-0.39, 0.29) is 36.8 Å². The summed E-state index contributed by atoms with van der Waals surface area (Å²) >= 11 is 3.48. The van der Waals surface area contributed by atoms with Crippen LogP contribution in [0.4, 0.5) is 5.69 Å². The van der Waals surface area contributed by atoms with Gasteiger partial charge in [-0.15, -0.1) is 0 Å². The fourth-order valence-corrected chi connectivity index (χ4v) is 5.20. The zero-order valence-corrected chi connectivity index (χ0v) is 18.9. The van der Waals surface area contributed by atoms with Crippen LogP contribution in [0.3, 0.4) is 0 Å². The van der Waals surface area contributed by atoms with Gasteiger partial charge in [0.25, 0.3) is 5.69 Å². The lowest BCUT2D eigenvalue weighted by Crippen LogP contribution is -2.51. The number of aliphatic hydroxyl groups excluding tert-OH is 1. The van der Waals surface area contributed by atoms with Gasteiger partial charge in [-0.05, 0) is 42.0 Å². The van der Waals surface area contributed by atoms with Gasteiger partial charge in [0, 0.05) is 42.3 Å². The van der Waals surface area contributed by atoms with Crippen LogP contribution in [-0.4, -0.2) is 51.0 Å². The van der Waals surface area contributed by atoms with Crippen molar-refractivity contribution in [3.63, 3.8) is 0 Å². The number of piperidine rings is 1. The number of aliphatic hydroxyl groups is 1. The first-order valence-corrected chi connectivity index (χ1v) is 11.3. The maximum Gasteiger partial charge on any atom is 0.269 e. The quantitative estimate of drug-likeness (QED) is 0.521. The predicted molar refractivity (Wildman–Crippen MR) is 120 cm³/mol. The van der Waals surface area contributed by atoms with E-state index in [0.29, 0.717) is 18.0 Å². The van der Waals surface area contributed by atoms with Crippen molar-refractivity contribution in [2.24, 2.45) is 5.92 Å². The third-order valence-electron chi connectivity index (χ3n) is 6.35. The third kappa shape index (κ3) is 4.66. The Labute approximate surface area is 189 Å². The Kier molecular flexibility index (Phi) is 6.41. The molecule has 0 unspecified atom stereocenters. The molecule has 2 aromatic carbocycles. The van der Waals surface area contributed by atoms with Crippen LogP contribution < -0.4 is 0 Å². The molecule has 7 nitrogen and oxygen atoms in total. The van der Waals surface area contributed by atoms with Crippen LogP contribution in [0.1, 0.15) is 36.9 Å². The molecule has 0 bridgehead atoms. The maximum absolute atomic E-state index is 13.5. The van der Waals surface area contributed by atoms with Gasteiger partial charge in [-0.2, -0.15) is 0 Å². The molecule has 164 valence electrons. The van der Waals surface area contributed by atoms with E-state index in [9.17, 15) is 20.0 Å². The molecule has 31 heavy (non-hydrogen) atoms. The van der Waals surface area contributed by atoms with E-state index >= 15 is 0 Å². The SMILES string of the molecule is C[C@@H]1CC[C@H]2C(=O)N(Cc3cccc([N+](=O)[O-])c3)C[C@@H](O)CN2[C@@H]1c1ccc(Br)cc1. The van der Waals surface area contributed by atoms with E-state index in [1.165, 1.54) is 12.1 Å². The van der Waals surface area contributed by atoms with E-state index < -0.39 is 11.0 Å². The molecule has 0 aromatic heterocycles. The number of non-ortho nitro benzene ring substituents is 1. The first kappa shape index (κ1) is 21.9. The highest BCUT2D eigenvalue weighted by atomic mass is 79.9. The Hall–Kier alpha value is -2.29. The highest BCUT2D eigenvalue weighted by Crippen LogP contribution is 2.40. The standard InChI is InChI=1S/C23H26BrN3O4/c1-15-5-10-21-23(29)25(12-16-3-2-4-19(11-16)27(30)31)13-20(28)14-26(21)22(15)17-6-8-18(24)9-7-17/h2-4,6-9,11,15,20-22,28H,5,10,12-14H2,1H3/t15-,20-,21+,22+/m1/s1. The van der Waals surface area contributed by atoms with Crippen LogP contribution in [0, 0.1) is 16.0 Å². The van der Waals surface area contributed by atoms with Crippen molar-refractivity contribution < 1.29 is 14.8 Å². The second-order valence-electron chi connectivity index (χ2n) is 8.56. The Bertz CT molecular complexity index is 968. The van der Waals surface area contributed by atoms with Crippen LogP contribution in [0.25, 0.3) is 0 Å². The average molecular weight is 488 g/mol. The highest BCUT2D eigenvalue weighted by Gasteiger charge is 2.44. The van der Waals surface area contributed by atoms with Crippen LogP contribution in [0.2, 0.25) is 0 Å². The molecule has 2 aliphatic rings. The monoisotopic (exact) mass is 487 g/mol. The Morgan fingerprint density at radius 2 is 1.90 bits per heavy atom. The molecule has 1 N–H and O–H groups in total. The van der Waals surface area contributed by atoms with E-state index in [2.05, 4.69) is 39.9 Å². The van der Waals surface area contributed by atoms with Gasteiger partial charge in [0.2, 0.25) is 5.91 Å². The zero-order chi connectivity index (χ0) is 22.1. The fourth-order valence-electron chi connectivity index (χ4n) is 4.94. The zero-order valence-electron chi connectivity index (χ0n) is 17.4. The molecule has 0 saturated carbocycles. The molecule has 2 aliphatic heterocycles. The third-order valence-corrected chi connectivity index (χ3v) is 6.88. The van der Waals surface area contributed by atoms with Crippen molar-refractivity contribution in [2.75, 3.05) is 13.1 Å². The summed E-state index contributed by atoms with van der Waals surface area (Å²) in [5.74, 6) is 0.345. The molecule has 2 heterocycles. The molecule has 8 heteroatoms. The number of halogens is 1. The van der Waals surface area contributed by atoms with Gasteiger partial charge >= 0.3 is 0 Å². The Morgan fingerprint density at radius 1 is 1.16 bits per heavy atom. The van der Waals surface area contributed by atoms with Gasteiger partial charge in [-0.3, -0.25) is 19.8 Å². The molecule has 2 saturated heterocycles. The number of nitrogens with zero attached hydrogens (tertiary/aromatic N) is 3. The van der Waals surface area contributed by atoms with E-state index in [4.69, 9.17) is 0 Å². The van der Waals surface area contributed by atoms with Gasteiger partial charge in [0.1, 0.15) is 0 Å². The van der Waals surface area contributed by atoms with Gasteiger partial charge in [-0.1, -0.05) is 47.1 Å². The lowest BCUT2D eigenvalue weighted by atomic mass is 9.82. The topological polar surface area (TPSA) is 86.9 Å². The molecule has 4 atom stereocenters. The minimum absolute atomic E-state index is 0.00346. The summed E-state index contributed by atoms with van der Waals surface area (Å²) in [7, 11) is 0. The van der Waals surface area contributed by atoms with Gasteiger partial charge in [0.05, 0.1) is 17.1 Å². The molecule has 2 fully saturated rings. The molecule has 0 radical (unpaired) electrons. The molecule has 1 amide bonds. The number of fused-ring (bicyclic) bond motifs is 1. The van der Waals surface area contributed by atoms with Crippen LogP contribution in [-0.2, 0) is 11.3 Å². The molecular weight excluding hydrogens is 462 g/mol. The van der Waals surface area contributed by atoms with Crippen LogP contribution in [0.5, 0.6) is 0 Å². The van der Waals surface area contributed by atoms with Crippen molar-refractivity contribution in [1.82, 2.24) is 9.80 Å². The van der Waals surface area contributed by atoms with Crippen molar-refractivity contribution in [2.45, 2.75) is 44.5 Å². The minimum atomic E-state index is -0.684.